The van der Waals surface area contributed by atoms with Crippen LogP contribution in [-0.4, -0.2) is 5.92 Å². The molecule has 16 rings (SSSR count). The predicted molar refractivity (Wildman–Crippen MR) is 386 cm³/mol. The van der Waals surface area contributed by atoms with Crippen molar-refractivity contribution in [3.8, 4) is 44.5 Å². The van der Waals surface area contributed by atoms with E-state index in [0.29, 0.717) is 0 Å². The monoisotopic (exact) mass is 1270 g/mol. The third-order valence-electron chi connectivity index (χ3n) is 20.6. The maximum absolute atomic E-state index is 10.1. The number of rotatable bonds is 13. The summed E-state index contributed by atoms with van der Waals surface area (Å²) < 4.78 is -0.404. The van der Waals surface area contributed by atoms with Gasteiger partial charge in [-0.2, -0.15) is 0 Å². The molecule has 0 N–H and O–H groups in total. The Kier molecular flexibility index (Phi) is 13.8. The Morgan fingerprint density at radius 1 is 0.318 bits per heavy atom. The predicted octanol–water partition coefficient (Wildman–Crippen LogP) is 25.5. The zero-order valence-electron chi connectivity index (χ0n) is 50.5. The Labute approximate surface area is 525 Å². The fraction of sp³-hybridized carbons (Fsp3) is 0.143. The summed E-state index contributed by atoms with van der Waals surface area (Å²) >= 11 is -5.89. The van der Waals surface area contributed by atoms with E-state index in [1.807, 2.05) is 0 Å². The van der Waals surface area contributed by atoms with Crippen LogP contribution in [0.25, 0.3) is 143 Å². The van der Waals surface area contributed by atoms with Crippen LogP contribution in [0, 0.1) is 0 Å². The fourth-order valence-corrected chi connectivity index (χ4v) is 47.7. The van der Waals surface area contributed by atoms with Gasteiger partial charge in [0, 0.05) is 0 Å². The summed E-state index contributed by atoms with van der Waals surface area (Å²) in [4.78, 5) is 0. The van der Waals surface area contributed by atoms with Crippen molar-refractivity contribution in [1.82, 2.24) is 0 Å². The summed E-state index contributed by atoms with van der Waals surface area (Å²) in [7, 11) is 20.1. The van der Waals surface area contributed by atoms with Gasteiger partial charge in [-0.3, -0.25) is 0 Å². The molecule has 0 spiro atoms. The molecular formula is C84H69Cl2SiZr. The van der Waals surface area contributed by atoms with Gasteiger partial charge in [0.25, 0.3) is 0 Å². The molecule has 2 unspecified atom stereocenters. The first kappa shape index (κ1) is 55.6. The van der Waals surface area contributed by atoms with Crippen molar-refractivity contribution in [2.45, 2.75) is 72.7 Å². The first-order valence-corrected chi connectivity index (χ1v) is 48.4. The summed E-state index contributed by atoms with van der Waals surface area (Å²) in [6.07, 6.45) is 11.4. The number of allylic oxidation sites excluding steroid dienone is 2. The molecule has 0 heterocycles. The molecule has 0 amide bonds. The van der Waals surface area contributed by atoms with E-state index in [9.17, 15) is 17.0 Å². The first-order chi connectivity index (χ1) is 43.1. The number of hydrogen-bond acceptors (Lipinski definition) is 0. The van der Waals surface area contributed by atoms with Gasteiger partial charge in [0.2, 0.25) is 0 Å². The molecule has 0 bridgehead atoms. The molecule has 2 aliphatic rings. The molecule has 0 aromatic heterocycles. The Balaban J connectivity index is 1.08. The van der Waals surface area contributed by atoms with E-state index in [4.69, 9.17) is 0 Å². The van der Waals surface area contributed by atoms with Gasteiger partial charge < -0.3 is 0 Å². The van der Waals surface area contributed by atoms with Gasteiger partial charge in [0.1, 0.15) is 0 Å². The van der Waals surface area contributed by atoms with E-state index >= 15 is 0 Å². The number of fused-ring (bicyclic) bond motifs is 10. The fourth-order valence-electron chi connectivity index (χ4n) is 16.5. The molecule has 14 aromatic rings. The minimum atomic E-state index is -5.89. The van der Waals surface area contributed by atoms with Crippen LogP contribution in [0.3, 0.4) is 0 Å². The molecule has 0 nitrogen and oxygen atoms in total. The zero-order valence-corrected chi connectivity index (χ0v) is 55.6. The van der Waals surface area contributed by atoms with Crippen LogP contribution in [0.2, 0.25) is 13.1 Å². The normalized spacial score (nSPS) is 15.5. The molecule has 427 valence electrons. The first-order valence-electron chi connectivity index (χ1n) is 32.1. The standard InChI is InChI=1S/2C41H31.C2H7Si.2ClH.Zr/c2*1-2-3-12-27-23-38-36(40-32-17-8-4-13-28(32)25-29-14-5-9-18-33(29)40)21-22-37(39(38)24-27)41-34-19-10-6-15-30(34)26-31-16-7-11-20-35(31)41;1-3-2;;;/h2*4-11,13-26H,2-3,12H2,1H3;3H,1-2H3;2*1H;/q;;;;;+2/p-2. The summed E-state index contributed by atoms with van der Waals surface area (Å²) in [5.41, 5.74) is 18.2. The molecule has 0 fully saturated rings. The Morgan fingerprint density at radius 2 is 0.545 bits per heavy atom. The molecule has 2 atom stereocenters. The molecule has 0 radical (unpaired) electrons. The van der Waals surface area contributed by atoms with E-state index in [1.165, 1.54) is 164 Å². The summed E-state index contributed by atoms with van der Waals surface area (Å²) in [5, 5.41) is 19.9. The second-order valence-corrected chi connectivity index (χ2v) is 68.2. The average Bonchev–Trinajstić information content (AvgIpc) is 1.44. The van der Waals surface area contributed by atoms with E-state index in [1.54, 1.807) is 0 Å². The van der Waals surface area contributed by atoms with Crippen molar-refractivity contribution in [2.75, 3.05) is 0 Å². The van der Waals surface area contributed by atoms with Crippen molar-refractivity contribution < 1.29 is 15.6 Å². The third-order valence-corrected chi connectivity index (χ3v) is 72.3. The second-order valence-electron chi connectivity index (χ2n) is 25.6. The quantitative estimate of drug-likeness (QED) is 0.0797. The van der Waals surface area contributed by atoms with Crippen LogP contribution >= 0.6 is 17.0 Å². The Morgan fingerprint density at radius 3 is 0.784 bits per heavy atom. The van der Waals surface area contributed by atoms with Crippen LogP contribution in [-0.2, 0) is 15.6 Å². The molecule has 0 aliphatic heterocycles. The van der Waals surface area contributed by atoms with Crippen LogP contribution in [0.15, 0.2) is 254 Å². The van der Waals surface area contributed by atoms with Crippen LogP contribution in [0.4, 0.5) is 0 Å². The SMILES string of the molecule is CCCCC1=Cc2c(-c3c4ccccc4cc4ccccc34)ccc(-c3c4ccccc4cc4ccccc34)c2[CH]1[Zr]([Cl])([Cl])([CH]1C(CCCC)=Cc2c(-c3c4ccccc4cc4ccccc34)ccc(-c3c4ccccc4cc4ccccc34)c21)[SiH](C)C. The minimum absolute atomic E-state index is 0.202. The van der Waals surface area contributed by atoms with Crippen LogP contribution in [0.1, 0.15) is 81.9 Å². The van der Waals surface area contributed by atoms with Crippen molar-refractivity contribution >= 4 is 121 Å². The molecule has 0 saturated carbocycles. The molecule has 0 saturated heterocycles. The number of hydrogen-bond donors (Lipinski definition) is 0. The maximum atomic E-state index is 10.1. The molecule has 4 heteroatoms. The van der Waals surface area contributed by atoms with Crippen molar-refractivity contribution in [3.05, 3.63) is 276 Å². The molecular weight excluding hydrogens is 1200 g/mol. The van der Waals surface area contributed by atoms with Crippen molar-refractivity contribution in [3.63, 3.8) is 0 Å². The van der Waals surface area contributed by atoms with E-state index < -0.39 is 21.5 Å². The van der Waals surface area contributed by atoms with Gasteiger partial charge in [-0.05, 0) is 0 Å². The molecule has 88 heavy (non-hydrogen) atoms. The third kappa shape index (κ3) is 8.53. The van der Waals surface area contributed by atoms with Gasteiger partial charge in [-0.15, -0.1) is 0 Å². The number of benzene rings is 14. The average molecular weight is 1270 g/mol. The van der Waals surface area contributed by atoms with Crippen molar-refractivity contribution in [1.29, 1.82) is 0 Å². The van der Waals surface area contributed by atoms with Gasteiger partial charge >= 0.3 is 530 Å². The van der Waals surface area contributed by atoms with Crippen molar-refractivity contribution in [2.24, 2.45) is 0 Å². The Hall–Kier alpha value is -7.68. The summed E-state index contributed by atoms with van der Waals surface area (Å²) in [6.45, 7) is 9.84. The Bertz CT molecular complexity index is 4760. The molecule has 2 aliphatic carbocycles. The second kappa shape index (κ2) is 21.8. The van der Waals surface area contributed by atoms with Crippen LogP contribution < -0.4 is 0 Å². The van der Waals surface area contributed by atoms with Gasteiger partial charge in [-0.1, -0.05) is 0 Å². The van der Waals surface area contributed by atoms with E-state index in [2.05, 4.69) is 282 Å². The van der Waals surface area contributed by atoms with E-state index in [0.717, 1.165) is 38.5 Å². The van der Waals surface area contributed by atoms with Gasteiger partial charge in [0.05, 0.1) is 0 Å². The topological polar surface area (TPSA) is 0 Å². The summed E-state index contributed by atoms with van der Waals surface area (Å²) in [6, 6.07) is 92.0. The molecule has 14 aromatic carbocycles. The number of unbranched alkanes of at least 4 members (excludes halogenated alkanes) is 2. The number of halogens is 2. The van der Waals surface area contributed by atoms with Gasteiger partial charge in [-0.25, -0.2) is 0 Å². The van der Waals surface area contributed by atoms with Crippen LogP contribution in [0.5, 0.6) is 0 Å². The van der Waals surface area contributed by atoms with E-state index in [-0.39, 0.29) is 7.25 Å². The van der Waals surface area contributed by atoms with Gasteiger partial charge in [0.15, 0.2) is 0 Å². The summed E-state index contributed by atoms with van der Waals surface area (Å²) in [5.74, 6) is -2.19. The zero-order chi connectivity index (χ0) is 59.4.